The van der Waals surface area contributed by atoms with Crippen molar-refractivity contribution in [1.29, 1.82) is 0 Å². The maximum atomic E-state index is 12.3. The van der Waals surface area contributed by atoms with Crippen LogP contribution in [0.2, 0.25) is 0 Å². The molecule has 1 aliphatic heterocycles. The van der Waals surface area contributed by atoms with E-state index in [1.807, 2.05) is 0 Å². The number of nitrogens with one attached hydrogen (secondary N) is 1. The van der Waals surface area contributed by atoms with Crippen molar-refractivity contribution in [2.45, 2.75) is 10.1 Å². The second kappa shape index (κ2) is 4.54. The van der Waals surface area contributed by atoms with Crippen LogP contribution in [0, 0.1) is 0 Å². The monoisotopic (exact) mass is 257 g/mol. The van der Waals surface area contributed by atoms with Gasteiger partial charge in [0.1, 0.15) is 16.4 Å². The Hall–Kier alpha value is -1.27. The van der Waals surface area contributed by atoms with Crippen LogP contribution in [0.5, 0.6) is 11.5 Å². The molecule has 1 aromatic carbocycles. The van der Waals surface area contributed by atoms with Gasteiger partial charge in [0.2, 0.25) is 0 Å². The number of benzene rings is 1. The van der Waals surface area contributed by atoms with Gasteiger partial charge in [-0.15, -0.1) is 0 Å². The molecule has 5 nitrogen and oxygen atoms in total. The van der Waals surface area contributed by atoms with Crippen LogP contribution in [0.25, 0.3) is 0 Å². The molecule has 0 unspecified atom stereocenters. The average molecular weight is 257 g/mol. The molecule has 0 amide bonds. The van der Waals surface area contributed by atoms with Gasteiger partial charge in [-0.1, -0.05) is 0 Å². The molecule has 0 aromatic heterocycles. The Morgan fingerprint density at radius 3 is 2.41 bits per heavy atom. The summed E-state index contributed by atoms with van der Waals surface area (Å²) in [6.45, 7) is 0.978. The highest BCUT2D eigenvalue weighted by atomic mass is 32.2. The number of hydrogen-bond donors (Lipinski definition) is 1. The maximum absolute atomic E-state index is 12.3. The Kier molecular flexibility index (Phi) is 3.26. The summed E-state index contributed by atoms with van der Waals surface area (Å²) in [5, 5.41) is 2.58. The SMILES string of the molecule is COc1ccc(OC)c(S(=O)(=O)C2CNC2)c1. The Balaban J connectivity index is 2.48. The first-order valence-electron chi connectivity index (χ1n) is 5.26. The van der Waals surface area contributed by atoms with Crippen LogP contribution in [0.15, 0.2) is 23.1 Å². The van der Waals surface area contributed by atoms with Gasteiger partial charge in [-0.05, 0) is 12.1 Å². The predicted molar refractivity (Wildman–Crippen MR) is 63.4 cm³/mol. The zero-order valence-corrected chi connectivity index (χ0v) is 10.6. The van der Waals surface area contributed by atoms with Crippen molar-refractivity contribution in [3.63, 3.8) is 0 Å². The first-order valence-corrected chi connectivity index (χ1v) is 6.81. The molecule has 6 heteroatoms. The molecule has 1 heterocycles. The molecule has 0 aliphatic carbocycles. The topological polar surface area (TPSA) is 64.6 Å². The summed E-state index contributed by atoms with van der Waals surface area (Å²) in [6, 6.07) is 4.79. The van der Waals surface area contributed by atoms with Gasteiger partial charge in [-0.2, -0.15) is 0 Å². The van der Waals surface area contributed by atoms with Gasteiger partial charge >= 0.3 is 0 Å². The molecule has 1 aromatic rings. The molecule has 0 saturated carbocycles. The van der Waals surface area contributed by atoms with E-state index >= 15 is 0 Å². The third-order valence-corrected chi connectivity index (χ3v) is 5.00. The lowest BCUT2D eigenvalue weighted by Gasteiger charge is -2.27. The van der Waals surface area contributed by atoms with E-state index in [1.165, 1.54) is 20.3 Å². The third-order valence-electron chi connectivity index (χ3n) is 2.86. The molecule has 0 spiro atoms. The van der Waals surface area contributed by atoms with Crippen molar-refractivity contribution in [3.8, 4) is 11.5 Å². The first-order chi connectivity index (χ1) is 8.09. The van der Waals surface area contributed by atoms with Gasteiger partial charge in [-0.25, -0.2) is 8.42 Å². The molecule has 0 radical (unpaired) electrons. The molecule has 94 valence electrons. The lowest BCUT2D eigenvalue weighted by Crippen LogP contribution is -2.51. The number of methoxy groups -OCH3 is 2. The lowest BCUT2D eigenvalue weighted by molar-refractivity contribution is 0.391. The fourth-order valence-electron chi connectivity index (χ4n) is 1.67. The summed E-state index contributed by atoms with van der Waals surface area (Å²) in [5.74, 6) is 0.870. The van der Waals surface area contributed by atoms with E-state index in [-0.39, 0.29) is 10.1 Å². The van der Waals surface area contributed by atoms with E-state index < -0.39 is 9.84 Å². The van der Waals surface area contributed by atoms with E-state index in [0.717, 1.165) is 0 Å². The van der Waals surface area contributed by atoms with E-state index in [9.17, 15) is 8.42 Å². The molecule has 17 heavy (non-hydrogen) atoms. The summed E-state index contributed by atoms with van der Waals surface area (Å²) in [5.41, 5.74) is 0. The zero-order valence-electron chi connectivity index (χ0n) is 9.76. The van der Waals surface area contributed by atoms with E-state index in [1.54, 1.807) is 12.1 Å². The largest absolute Gasteiger partial charge is 0.497 e. The molecule has 2 rings (SSSR count). The molecule has 1 N–H and O–H groups in total. The number of ether oxygens (including phenoxy) is 2. The predicted octanol–water partition coefficient (Wildman–Crippen LogP) is 0.449. The van der Waals surface area contributed by atoms with Gasteiger partial charge in [-0.3, -0.25) is 0 Å². The molecular weight excluding hydrogens is 242 g/mol. The number of hydrogen-bond acceptors (Lipinski definition) is 5. The highest BCUT2D eigenvalue weighted by Crippen LogP contribution is 2.31. The molecular formula is C11H15NO4S. The normalized spacial score (nSPS) is 16.4. The second-order valence-electron chi connectivity index (χ2n) is 3.84. The van der Waals surface area contributed by atoms with Gasteiger partial charge in [0.25, 0.3) is 0 Å². The van der Waals surface area contributed by atoms with Crippen LogP contribution in [0.1, 0.15) is 0 Å². The van der Waals surface area contributed by atoms with E-state index in [2.05, 4.69) is 5.32 Å². The van der Waals surface area contributed by atoms with Crippen molar-refractivity contribution < 1.29 is 17.9 Å². The van der Waals surface area contributed by atoms with Crippen LogP contribution in [-0.2, 0) is 9.84 Å². The highest BCUT2D eigenvalue weighted by molar-refractivity contribution is 7.92. The van der Waals surface area contributed by atoms with Crippen LogP contribution < -0.4 is 14.8 Å². The summed E-state index contributed by atoms with van der Waals surface area (Å²) in [6.07, 6.45) is 0. The fraction of sp³-hybridized carbons (Fsp3) is 0.455. The first kappa shape index (κ1) is 12.2. The van der Waals surface area contributed by atoms with E-state index in [0.29, 0.717) is 24.6 Å². The Morgan fingerprint density at radius 2 is 1.94 bits per heavy atom. The average Bonchev–Trinajstić information content (AvgIpc) is 2.25. The van der Waals surface area contributed by atoms with Crippen molar-refractivity contribution in [2.24, 2.45) is 0 Å². The van der Waals surface area contributed by atoms with Gasteiger partial charge in [0.05, 0.1) is 19.5 Å². The molecule has 1 saturated heterocycles. The maximum Gasteiger partial charge on any atom is 0.187 e. The quantitative estimate of drug-likeness (QED) is 0.848. The third kappa shape index (κ3) is 2.10. The summed E-state index contributed by atoms with van der Waals surface area (Å²) < 4.78 is 34.7. The zero-order chi connectivity index (χ0) is 12.5. The summed E-state index contributed by atoms with van der Waals surface area (Å²) in [4.78, 5) is 0.200. The fourth-order valence-corrected chi connectivity index (χ4v) is 3.41. The van der Waals surface area contributed by atoms with Crippen molar-refractivity contribution in [3.05, 3.63) is 18.2 Å². The molecule has 0 bridgehead atoms. The second-order valence-corrected chi connectivity index (χ2v) is 6.04. The van der Waals surface area contributed by atoms with Crippen LogP contribution in [0.4, 0.5) is 0 Å². The summed E-state index contributed by atoms with van der Waals surface area (Å²) in [7, 11) is -0.384. The van der Waals surface area contributed by atoms with Gasteiger partial charge < -0.3 is 14.8 Å². The van der Waals surface area contributed by atoms with Crippen LogP contribution >= 0.6 is 0 Å². The molecule has 1 aliphatic rings. The van der Waals surface area contributed by atoms with Crippen molar-refractivity contribution in [2.75, 3.05) is 27.3 Å². The molecule has 1 fully saturated rings. The minimum atomic E-state index is -3.35. The minimum absolute atomic E-state index is 0.200. The smallest absolute Gasteiger partial charge is 0.187 e. The number of rotatable bonds is 4. The number of sulfone groups is 1. The Labute approximate surface area is 101 Å². The lowest BCUT2D eigenvalue weighted by atomic mass is 10.3. The van der Waals surface area contributed by atoms with Crippen LogP contribution in [0.3, 0.4) is 0 Å². The van der Waals surface area contributed by atoms with Crippen LogP contribution in [-0.4, -0.2) is 41.0 Å². The summed E-state index contributed by atoms with van der Waals surface area (Å²) >= 11 is 0. The molecule has 0 atom stereocenters. The van der Waals surface area contributed by atoms with Crippen molar-refractivity contribution >= 4 is 9.84 Å². The van der Waals surface area contributed by atoms with E-state index in [4.69, 9.17) is 9.47 Å². The highest BCUT2D eigenvalue weighted by Gasteiger charge is 2.34. The Bertz CT molecular complexity index is 508. The minimum Gasteiger partial charge on any atom is -0.497 e. The van der Waals surface area contributed by atoms with Gasteiger partial charge in [0, 0.05) is 19.2 Å². The standard InChI is InChI=1S/C11H15NO4S/c1-15-8-3-4-10(16-2)11(5-8)17(13,14)9-6-12-7-9/h3-5,9,12H,6-7H2,1-2H3. The van der Waals surface area contributed by atoms with Gasteiger partial charge in [0.15, 0.2) is 9.84 Å². The Morgan fingerprint density at radius 1 is 1.24 bits per heavy atom. The van der Waals surface area contributed by atoms with Crippen molar-refractivity contribution in [1.82, 2.24) is 5.32 Å².